The average Bonchev–Trinajstić information content (AvgIpc) is 2.26. The Morgan fingerprint density at radius 3 is 2.06 bits per heavy atom. The predicted molar refractivity (Wildman–Crippen MR) is 59.6 cm³/mol. The van der Waals surface area contributed by atoms with E-state index in [1.807, 2.05) is 6.92 Å². The lowest BCUT2D eigenvalue weighted by atomic mass is 9.95. The van der Waals surface area contributed by atoms with E-state index in [9.17, 15) is 18.3 Å². The molecule has 0 aliphatic heterocycles. The summed E-state index contributed by atoms with van der Waals surface area (Å²) in [5.74, 6) is 0. The van der Waals surface area contributed by atoms with Gasteiger partial charge >= 0.3 is 6.18 Å². The highest BCUT2D eigenvalue weighted by Gasteiger charge is 2.26. The minimum atomic E-state index is -4.11. The molecule has 104 valence electrons. The van der Waals surface area contributed by atoms with Gasteiger partial charge in [-0.1, -0.05) is 6.92 Å². The minimum Gasteiger partial charge on any atom is -0.389 e. The maximum atomic E-state index is 11.8. The van der Waals surface area contributed by atoms with Gasteiger partial charge in [-0.2, -0.15) is 13.2 Å². The number of nitrogens with two attached hydrogens (primary N) is 1. The van der Waals surface area contributed by atoms with Crippen LogP contribution in [0.3, 0.4) is 0 Å². The molecule has 3 N–H and O–H groups in total. The molecule has 0 fully saturated rings. The highest BCUT2D eigenvalue weighted by Crippen LogP contribution is 2.21. The van der Waals surface area contributed by atoms with Gasteiger partial charge in [0.2, 0.25) is 0 Å². The number of hydrogen-bond donors (Lipinski definition) is 2. The van der Waals surface area contributed by atoms with Crippen molar-refractivity contribution in [3.05, 3.63) is 0 Å². The van der Waals surface area contributed by atoms with Crippen molar-refractivity contribution >= 4 is 0 Å². The summed E-state index contributed by atoms with van der Waals surface area (Å²) in [4.78, 5) is 0. The molecular formula is C11H22F3NO2. The highest BCUT2D eigenvalue weighted by atomic mass is 19.4. The fraction of sp³-hybridized carbons (Fsp3) is 1.00. The van der Waals surface area contributed by atoms with Gasteiger partial charge in [-0.3, -0.25) is 0 Å². The maximum absolute atomic E-state index is 11.8. The van der Waals surface area contributed by atoms with Crippen molar-refractivity contribution in [1.82, 2.24) is 0 Å². The van der Waals surface area contributed by atoms with Gasteiger partial charge in [0, 0.05) is 26.2 Å². The Labute approximate surface area is 100 Å². The van der Waals surface area contributed by atoms with Crippen molar-refractivity contribution in [2.75, 3.05) is 19.8 Å². The molecule has 6 heteroatoms. The van der Waals surface area contributed by atoms with E-state index in [0.29, 0.717) is 25.9 Å². The molecule has 3 nitrogen and oxygen atoms in total. The van der Waals surface area contributed by atoms with Gasteiger partial charge in [0.15, 0.2) is 0 Å². The van der Waals surface area contributed by atoms with Crippen molar-refractivity contribution in [2.45, 2.75) is 50.8 Å². The van der Waals surface area contributed by atoms with Crippen molar-refractivity contribution in [3.63, 3.8) is 0 Å². The van der Waals surface area contributed by atoms with Crippen LogP contribution in [0.25, 0.3) is 0 Å². The zero-order valence-corrected chi connectivity index (χ0v) is 10.2. The van der Waals surface area contributed by atoms with E-state index in [0.717, 1.165) is 0 Å². The molecule has 1 unspecified atom stereocenters. The topological polar surface area (TPSA) is 55.5 Å². The third-order valence-corrected chi connectivity index (χ3v) is 2.72. The van der Waals surface area contributed by atoms with E-state index in [2.05, 4.69) is 0 Å². The summed E-state index contributed by atoms with van der Waals surface area (Å²) < 4.78 is 40.4. The lowest BCUT2D eigenvalue weighted by Gasteiger charge is -2.24. The molecule has 0 radical (unpaired) electrons. The Kier molecular flexibility index (Phi) is 7.74. The number of halogens is 3. The van der Waals surface area contributed by atoms with E-state index in [1.165, 1.54) is 0 Å². The Morgan fingerprint density at radius 2 is 1.65 bits per heavy atom. The van der Waals surface area contributed by atoms with Crippen LogP contribution >= 0.6 is 0 Å². The fourth-order valence-electron chi connectivity index (χ4n) is 1.40. The number of ether oxygens (including phenoxy) is 1. The summed E-state index contributed by atoms with van der Waals surface area (Å²) in [5, 5.41) is 9.81. The predicted octanol–water partition coefficient (Wildman–Crippen LogP) is 2.23. The monoisotopic (exact) mass is 257 g/mol. The van der Waals surface area contributed by atoms with E-state index in [1.54, 1.807) is 0 Å². The van der Waals surface area contributed by atoms with Crippen LogP contribution < -0.4 is 5.73 Å². The van der Waals surface area contributed by atoms with Crippen LogP contribution in [0.2, 0.25) is 0 Å². The molecule has 1 atom stereocenters. The van der Waals surface area contributed by atoms with Gasteiger partial charge in [0.05, 0.1) is 5.60 Å². The maximum Gasteiger partial charge on any atom is 0.389 e. The summed E-state index contributed by atoms with van der Waals surface area (Å²) in [6.07, 6.45) is -3.25. The number of rotatable bonds is 9. The number of aliphatic hydroxyl groups is 1. The summed E-state index contributed by atoms with van der Waals surface area (Å²) >= 11 is 0. The van der Waals surface area contributed by atoms with Crippen LogP contribution in [-0.2, 0) is 4.74 Å². The van der Waals surface area contributed by atoms with E-state index < -0.39 is 18.2 Å². The quantitative estimate of drug-likeness (QED) is 0.623. The molecule has 0 aromatic carbocycles. The van der Waals surface area contributed by atoms with Crippen LogP contribution in [0, 0.1) is 0 Å². The SMILES string of the molecule is CCC(O)(CN)CCCOCCCC(F)(F)F. The Morgan fingerprint density at radius 1 is 1.12 bits per heavy atom. The normalized spacial score (nSPS) is 15.9. The second-order valence-electron chi connectivity index (χ2n) is 4.22. The van der Waals surface area contributed by atoms with Crippen LogP contribution in [-0.4, -0.2) is 36.6 Å². The third kappa shape index (κ3) is 9.38. The molecule has 0 amide bonds. The van der Waals surface area contributed by atoms with Crippen LogP contribution in [0.1, 0.15) is 39.0 Å². The van der Waals surface area contributed by atoms with Gasteiger partial charge in [-0.15, -0.1) is 0 Å². The lowest BCUT2D eigenvalue weighted by molar-refractivity contribution is -0.137. The summed E-state index contributed by atoms with van der Waals surface area (Å²) in [6, 6.07) is 0. The molecule has 0 saturated carbocycles. The molecule has 0 saturated heterocycles. The fourth-order valence-corrected chi connectivity index (χ4v) is 1.40. The zero-order chi connectivity index (χ0) is 13.4. The van der Waals surface area contributed by atoms with E-state index in [-0.39, 0.29) is 19.6 Å². The zero-order valence-electron chi connectivity index (χ0n) is 10.2. The van der Waals surface area contributed by atoms with Crippen LogP contribution in [0.4, 0.5) is 13.2 Å². The smallest absolute Gasteiger partial charge is 0.389 e. The Hall–Kier alpha value is -0.330. The molecule has 0 bridgehead atoms. The molecule has 0 aromatic rings. The van der Waals surface area contributed by atoms with Crippen LogP contribution in [0.5, 0.6) is 0 Å². The van der Waals surface area contributed by atoms with Crippen molar-refractivity contribution in [2.24, 2.45) is 5.73 Å². The molecule has 0 heterocycles. The van der Waals surface area contributed by atoms with Crippen molar-refractivity contribution in [3.8, 4) is 0 Å². The lowest BCUT2D eigenvalue weighted by Crippen LogP contribution is -2.37. The molecule has 17 heavy (non-hydrogen) atoms. The second kappa shape index (κ2) is 7.89. The molecule has 0 rings (SSSR count). The first-order chi connectivity index (χ1) is 7.83. The molecule has 0 aliphatic carbocycles. The average molecular weight is 257 g/mol. The summed E-state index contributed by atoms with van der Waals surface area (Å²) in [6.45, 7) is 2.50. The first-order valence-electron chi connectivity index (χ1n) is 5.90. The first kappa shape index (κ1) is 16.7. The third-order valence-electron chi connectivity index (χ3n) is 2.72. The van der Waals surface area contributed by atoms with Crippen molar-refractivity contribution in [1.29, 1.82) is 0 Å². The van der Waals surface area contributed by atoms with Gasteiger partial charge in [0.1, 0.15) is 0 Å². The van der Waals surface area contributed by atoms with E-state index in [4.69, 9.17) is 10.5 Å². The second-order valence-corrected chi connectivity index (χ2v) is 4.22. The van der Waals surface area contributed by atoms with Gasteiger partial charge in [-0.05, 0) is 25.7 Å². The van der Waals surface area contributed by atoms with E-state index >= 15 is 0 Å². The van der Waals surface area contributed by atoms with Gasteiger partial charge < -0.3 is 15.6 Å². The highest BCUT2D eigenvalue weighted by molar-refractivity contribution is 4.77. The first-order valence-corrected chi connectivity index (χ1v) is 5.90. The summed E-state index contributed by atoms with van der Waals surface area (Å²) in [5.41, 5.74) is 4.55. The summed E-state index contributed by atoms with van der Waals surface area (Å²) in [7, 11) is 0. The molecule has 0 aliphatic rings. The Bertz CT molecular complexity index is 194. The van der Waals surface area contributed by atoms with Crippen molar-refractivity contribution < 1.29 is 23.0 Å². The number of hydrogen-bond acceptors (Lipinski definition) is 3. The molecule has 0 spiro atoms. The standard InChI is InChI=1S/C11H22F3NO2/c1-2-10(16,9-15)5-3-7-17-8-4-6-11(12,13)14/h16H,2-9,15H2,1H3. The largest absolute Gasteiger partial charge is 0.389 e. The van der Waals surface area contributed by atoms with Gasteiger partial charge in [0.25, 0.3) is 0 Å². The molecule has 0 aromatic heterocycles. The van der Waals surface area contributed by atoms with Crippen LogP contribution in [0.15, 0.2) is 0 Å². The van der Waals surface area contributed by atoms with Gasteiger partial charge in [-0.25, -0.2) is 0 Å². The minimum absolute atomic E-state index is 0.0154. The Balaban J connectivity index is 3.41. The molecular weight excluding hydrogens is 235 g/mol. The number of alkyl halides is 3.